The van der Waals surface area contributed by atoms with Crippen LogP contribution < -0.4 is 0 Å². The Labute approximate surface area is 246 Å². The van der Waals surface area contributed by atoms with Gasteiger partial charge in [0.2, 0.25) is 0 Å². The van der Waals surface area contributed by atoms with Crippen LogP contribution in [-0.4, -0.2) is 0 Å². The third-order valence-corrected chi connectivity index (χ3v) is 7.24. The van der Waals surface area contributed by atoms with Gasteiger partial charge in [0.15, 0.2) is 5.69 Å². The number of benzene rings is 6. The van der Waals surface area contributed by atoms with Gasteiger partial charge in [-0.1, -0.05) is 121 Å². The van der Waals surface area contributed by atoms with E-state index in [9.17, 15) is 0 Å². The summed E-state index contributed by atoms with van der Waals surface area (Å²) in [5, 5.41) is 13.8. The summed E-state index contributed by atoms with van der Waals surface area (Å²) in [6.07, 6.45) is 12.7. The zero-order valence-electron chi connectivity index (χ0n) is 22.9. The average Bonchev–Trinajstić information content (AvgIpc) is 3.05. The molecule has 0 amide bonds. The van der Waals surface area contributed by atoms with E-state index < -0.39 is 0 Å². The maximum Gasteiger partial charge on any atom is 0.187 e. The van der Waals surface area contributed by atoms with Crippen LogP contribution in [0.25, 0.3) is 62.8 Å². The molecular weight excluding hydrogens is 508 g/mol. The van der Waals surface area contributed by atoms with Crippen molar-refractivity contribution in [1.29, 1.82) is 5.26 Å². The monoisotopic (exact) mass is 534 g/mol. The largest absolute Gasteiger partial charge is 0.238 e. The van der Waals surface area contributed by atoms with Gasteiger partial charge < -0.3 is 0 Å². The molecule has 0 spiro atoms. The molecule has 0 heterocycles. The molecule has 0 saturated heterocycles. The van der Waals surface area contributed by atoms with Gasteiger partial charge in [-0.15, -0.1) is 0 Å². The van der Waals surface area contributed by atoms with Crippen molar-refractivity contribution in [2.45, 2.75) is 0 Å². The first-order valence-electron chi connectivity index (χ1n) is 13.7. The summed E-state index contributed by atoms with van der Waals surface area (Å²) in [6, 6.07) is 43.4. The molecule has 6 aromatic rings. The molecule has 0 aliphatic heterocycles. The second kappa shape index (κ2) is 12.1. The maximum atomic E-state index is 8.97. The topological polar surface area (TPSA) is 28.1 Å². The van der Waals surface area contributed by atoms with Crippen molar-refractivity contribution >= 4 is 63.7 Å². The van der Waals surface area contributed by atoms with Crippen molar-refractivity contribution in [1.82, 2.24) is 0 Å². The quantitative estimate of drug-likeness (QED) is 0.154. The Hall–Kier alpha value is -5.96. The molecule has 0 bridgehead atoms. The van der Waals surface area contributed by atoms with E-state index in [4.69, 9.17) is 11.8 Å². The summed E-state index contributed by atoms with van der Waals surface area (Å²) in [7, 11) is 0. The number of fused-ring (bicyclic) bond motifs is 2. The summed E-state index contributed by atoms with van der Waals surface area (Å²) in [6.45, 7) is 7.08. The van der Waals surface area contributed by atoms with Gasteiger partial charge in [-0.05, 0) is 91.3 Å². The van der Waals surface area contributed by atoms with Crippen molar-refractivity contribution in [3.8, 4) is 6.07 Å². The highest BCUT2D eigenvalue weighted by molar-refractivity contribution is 5.91. The van der Waals surface area contributed by atoms with Crippen molar-refractivity contribution in [2.75, 3.05) is 0 Å². The number of hydrogen-bond donors (Lipinski definition) is 0. The normalized spacial score (nSPS) is 11.5. The Morgan fingerprint density at radius 3 is 1.07 bits per heavy atom. The fraction of sp³-hybridized carbons (Fsp3) is 0. The number of hydrogen-bond acceptors (Lipinski definition) is 1. The van der Waals surface area contributed by atoms with Crippen LogP contribution in [0.1, 0.15) is 38.9 Å². The van der Waals surface area contributed by atoms with E-state index in [2.05, 4.69) is 120 Å². The van der Waals surface area contributed by atoms with Crippen LogP contribution in [-0.2, 0) is 0 Å². The first kappa shape index (κ1) is 26.3. The summed E-state index contributed by atoms with van der Waals surface area (Å²) in [5.74, 6) is 0. The van der Waals surface area contributed by atoms with Crippen LogP contribution in [0.3, 0.4) is 0 Å². The predicted molar refractivity (Wildman–Crippen MR) is 179 cm³/mol. The Balaban J connectivity index is 1.14. The van der Waals surface area contributed by atoms with Crippen molar-refractivity contribution < 1.29 is 0 Å². The number of nitrogens with zero attached hydrogens (tertiary/aromatic N) is 2. The van der Waals surface area contributed by atoms with E-state index in [1.807, 2.05) is 48.5 Å². The molecule has 0 saturated carbocycles. The van der Waals surface area contributed by atoms with Crippen LogP contribution in [0.5, 0.6) is 0 Å². The Kier molecular flexibility index (Phi) is 7.54. The van der Waals surface area contributed by atoms with Gasteiger partial charge >= 0.3 is 0 Å². The minimum absolute atomic E-state index is 0.656. The number of nitriles is 1. The Bertz CT molecular complexity index is 1930. The molecule has 42 heavy (non-hydrogen) atoms. The first-order valence-corrected chi connectivity index (χ1v) is 13.7. The molecule has 0 N–H and O–H groups in total. The smallest absolute Gasteiger partial charge is 0.187 e. The molecule has 2 heteroatoms. The average molecular weight is 535 g/mol. The maximum absolute atomic E-state index is 8.97. The minimum Gasteiger partial charge on any atom is -0.238 e. The molecule has 0 fully saturated rings. The third-order valence-electron chi connectivity index (χ3n) is 7.24. The van der Waals surface area contributed by atoms with Gasteiger partial charge in [0.1, 0.15) is 0 Å². The Morgan fingerprint density at radius 2 is 0.738 bits per heavy atom. The summed E-state index contributed by atoms with van der Waals surface area (Å²) in [4.78, 5) is 3.45. The zero-order chi connectivity index (χ0) is 28.7. The predicted octanol–water partition coefficient (Wildman–Crippen LogP) is 10.9. The van der Waals surface area contributed by atoms with Crippen LogP contribution in [0.2, 0.25) is 0 Å². The second-order valence-corrected chi connectivity index (χ2v) is 10.2. The molecule has 6 aromatic carbocycles. The van der Waals surface area contributed by atoms with Gasteiger partial charge in [-0.2, -0.15) is 5.26 Å². The zero-order valence-corrected chi connectivity index (χ0v) is 22.9. The van der Waals surface area contributed by atoms with E-state index in [0.717, 1.165) is 33.4 Å². The lowest BCUT2D eigenvalue weighted by Crippen LogP contribution is -1.80. The summed E-state index contributed by atoms with van der Waals surface area (Å²) in [5.41, 5.74) is 8.08. The molecule has 0 atom stereocenters. The van der Waals surface area contributed by atoms with Crippen LogP contribution in [0.15, 0.2) is 121 Å². The lowest BCUT2D eigenvalue weighted by molar-refractivity contribution is 1.48. The van der Waals surface area contributed by atoms with E-state index in [0.29, 0.717) is 11.3 Å². The van der Waals surface area contributed by atoms with Crippen molar-refractivity contribution in [3.05, 3.63) is 172 Å². The van der Waals surface area contributed by atoms with Gasteiger partial charge in [0.05, 0.1) is 18.2 Å². The SMILES string of the molecule is [C-]#[N+]c1ccc(/C=C/c2ccc3cc(/C=C/c4ccc5cc(/C=C/c6ccc(C#N)cc6)ccc5c4)ccc3c2)cc1. The van der Waals surface area contributed by atoms with Gasteiger partial charge in [-0.3, -0.25) is 0 Å². The van der Waals surface area contributed by atoms with Crippen molar-refractivity contribution in [2.24, 2.45) is 0 Å². The van der Waals surface area contributed by atoms with E-state index in [1.54, 1.807) is 0 Å². The van der Waals surface area contributed by atoms with Gasteiger partial charge in [0, 0.05) is 0 Å². The molecule has 0 aliphatic carbocycles. The molecule has 0 aliphatic rings. The van der Waals surface area contributed by atoms with Gasteiger partial charge in [0.25, 0.3) is 0 Å². The first-order chi connectivity index (χ1) is 20.6. The van der Waals surface area contributed by atoms with Crippen molar-refractivity contribution in [3.63, 3.8) is 0 Å². The molecule has 196 valence electrons. The molecule has 0 aromatic heterocycles. The highest BCUT2D eigenvalue weighted by atomic mass is 14.6. The third kappa shape index (κ3) is 6.26. The highest BCUT2D eigenvalue weighted by Crippen LogP contribution is 2.23. The molecule has 0 unspecified atom stereocenters. The van der Waals surface area contributed by atoms with E-state index >= 15 is 0 Å². The number of rotatable bonds is 6. The van der Waals surface area contributed by atoms with E-state index in [-0.39, 0.29) is 0 Å². The standard InChI is InChI=1S/C40H26N2/c1-42-40-22-16-30(17-23-40)3-7-32-13-19-39-27-34(15-21-37(39)25-32)9-8-33-14-20-36-24-31(12-18-38(36)26-33)6-2-29-4-10-35(28-41)11-5-29/h2-27H/b6-2+,7-3+,9-8+. The molecule has 0 radical (unpaired) electrons. The van der Waals surface area contributed by atoms with E-state index in [1.165, 1.54) is 21.5 Å². The van der Waals surface area contributed by atoms with Gasteiger partial charge in [-0.25, -0.2) is 4.85 Å². The fourth-order valence-electron chi connectivity index (χ4n) is 4.89. The lowest BCUT2D eigenvalue weighted by Gasteiger charge is -2.04. The minimum atomic E-state index is 0.656. The fourth-order valence-corrected chi connectivity index (χ4v) is 4.89. The summed E-state index contributed by atoms with van der Waals surface area (Å²) < 4.78 is 0. The lowest BCUT2D eigenvalue weighted by atomic mass is 10.0. The Morgan fingerprint density at radius 1 is 0.429 bits per heavy atom. The second-order valence-electron chi connectivity index (χ2n) is 10.2. The molecule has 6 rings (SSSR count). The van der Waals surface area contributed by atoms with Crippen LogP contribution in [0, 0.1) is 17.9 Å². The molecular formula is C40H26N2. The highest BCUT2D eigenvalue weighted by Gasteiger charge is 1.99. The molecule has 2 nitrogen and oxygen atoms in total. The van der Waals surface area contributed by atoms with Crippen LogP contribution >= 0.6 is 0 Å². The summed E-state index contributed by atoms with van der Waals surface area (Å²) >= 11 is 0. The van der Waals surface area contributed by atoms with Crippen LogP contribution in [0.4, 0.5) is 5.69 Å².